The van der Waals surface area contributed by atoms with Crippen LogP contribution in [0.15, 0.2) is 16.8 Å². The highest BCUT2D eigenvalue weighted by molar-refractivity contribution is 5.69. The highest BCUT2D eigenvalue weighted by atomic mass is 16.5. The first-order valence-electron chi connectivity index (χ1n) is 6.19. The molecule has 1 aromatic heterocycles. The van der Waals surface area contributed by atoms with Crippen LogP contribution >= 0.6 is 0 Å². The van der Waals surface area contributed by atoms with Crippen molar-refractivity contribution in [1.29, 1.82) is 0 Å². The van der Waals surface area contributed by atoms with Gasteiger partial charge in [-0.05, 0) is 0 Å². The molecule has 6 nitrogen and oxygen atoms in total. The zero-order chi connectivity index (χ0) is 12.8. The summed E-state index contributed by atoms with van der Waals surface area (Å²) in [5, 5.41) is 3.70. The van der Waals surface area contributed by atoms with Crippen molar-refractivity contribution in [3.63, 3.8) is 0 Å². The van der Waals surface area contributed by atoms with Gasteiger partial charge in [0.2, 0.25) is 0 Å². The molecule has 1 saturated heterocycles. The smallest absolute Gasteiger partial charge is 0.306 e. The molecule has 0 unspecified atom stereocenters. The molecule has 0 amide bonds. The van der Waals surface area contributed by atoms with Gasteiger partial charge in [0, 0.05) is 38.8 Å². The molecule has 0 N–H and O–H groups in total. The molecular formula is C12H19N3O3. The van der Waals surface area contributed by atoms with Crippen molar-refractivity contribution in [2.24, 2.45) is 0 Å². The molecule has 0 bridgehead atoms. The van der Waals surface area contributed by atoms with Gasteiger partial charge in [-0.3, -0.25) is 9.69 Å². The van der Waals surface area contributed by atoms with Crippen LogP contribution in [0.5, 0.6) is 0 Å². The number of hydrogen-bond acceptors (Lipinski definition) is 6. The molecule has 0 saturated carbocycles. The third-order valence-electron chi connectivity index (χ3n) is 3.20. The van der Waals surface area contributed by atoms with E-state index in [1.165, 1.54) is 7.11 Å². The van der Waals surface area contributed by atoms with Gasteiger partial charge in [-0.2, -0.15) is 0 Å². The highest BCUT2D eigenvalue weighted by Crippen LogP contribution is 2.08. The van der Waals surface area contributed by atoms with Gasteiger partial charge >= 0.3 is 5.97 Å². The van der Waals surface area contributed by atoms with E-state index in [1.54, 1.807) is 6.20 Å². The van der Waals surface area contributed by atoms with Gasteiger partial charge < -0.3 is 14.2 Å². The van der Waals surface area contributed by atoms with Crippen molar-refractivity contribution in [3.8, 4) is 0 Å². The average molecular weight is 253 g/mol. The molecule has 2 rings (SSSR count). The first-order valence-corrected chi connectivity index (χ1v) is 6.19. The SMILES string of the molecule is COC(=O)CCN1CCN(Cc2ccno2)CC1. The Morgan fingerprint density at radius 1 is 1.39 bits per heavy atom. The van der Waals surface area contributed by atoms with Crippen molar-refractivity contribution < 1.29 is 14.1 Å². The van der Waals surface area contributed by atoms with Crippen LogP contribution in [-0.4, -0.2) is 60.8 Å². The number of carbonyl (C=O) groups is 1. The minimum atomic E-state index is -0.140. The van der Waals surface area contributed by atoms with E-state index in [9.17, 15) is 4.79 Å². The fourth-order valence-electron chi connectivity index (χ4n) is 2.07. The number of piperazine rings is 1. The van der Waals surface area contributed by atoms with Crippen LogP contribution in [0.2, 0.25) is 0 Å². The molecule has 1 aromatic rings. The normalized spacial score (nSPS) is 17.8. The number of nitrogens with zero attached hydrogens (tertiary/aromatic N) is 3. The lowest BCUT2D eigenvalue weighted by molar-refractivity contribution is -0.141. The van der Waals surface area contributed by atoms with Crippen molar-refractivity contribution in [3.05, 3.63) is 18.0 Å². The largest absolute Gasteiger partial charge is 0.469 e. The minimum absolute atomic E-state index is 0.140. The maximum Gasteiger partial charge on any atom is 0.306 e. The third kappa shape index (κ3) is 3.82. The number of hydrogen-bond donors (Lipinski definition) is 0. The van der Waals surface area contributed by atoms with Gasteiger partial charge in [-0.1, -0.05) is 5.16 Å². The molecule has 0 atom stereocenters. The lowest BCUT2D eigenvalue weighted by Crippen LogP contribution is -2.46. The molecule has 100 valence electrons. The van der Waals surface area contributed by atoms with Gasteiger partial charge in [0.25, 0.3) is 0 Å². The second kappa shape index (κ2) is 6.51. The lowest BCUT2D eigenvalue weighted by atomic mass is 10.2. The number of esters is 1. The zero-order valence-electron chi connectivity index (χ0n) is 10.7. The van der Waals surface area contributed by atoms with Crippen LogP contribution in [0.4, 0.5) is 0 Å². The molecular weight excluding hydrogens is 234 g/mol. The number of carbonyl (C=O) groups excluding carboxylic acids is 1. The maximum atomic E-state index is 11.1. The van der Waals surface area contributed by atoms with Crippen LogP contribution in [0.3, 0.4) is 0 Å². The maximum absolute atomic E-state index is 11.1. The quantitative estimate of drug-likeness (QED) is 0.706. The number of methoxy groups -OCH3 is 1. The molecule has 1 aliphatic heterocycles. The average Bonchev–Trinajstić information content (AvgIpc) is 2.90. The minimum Gasteiger partial charge on any atom is -0.469 e. The fourth-order valence-corrected chi connectivity index (χ4v) is 2.07. The van der Waals surface area contributed by atoms with E-state index >= 15 is 0 Å². The summed E-state index contributed by atoms with van der Waals surface area (Å²) in [6.07, 6.45) is 2.14. The number of rotatable bonds is 5. The summed E-state index contributed by atoms with van der Waals surface area (Å²) >= 11 is 0. The van der Waals surface area contributed by atoms with E-state index in [0.29, 0.717) is 6.42 Å². The van der Waals surface area contributed by atoms with Gasteiger partial charge in [0.15, 0.2) is 5.76 Å². The van der Waals surface area contributed by atoms with Crippen molar-refractivity contribution >= 4 is 5.97 Å². The first kappa shape index (κ1) is 13.0. The molecule has 0 aliphatic carbocycles. The zero-order valence-corrected chi connectivity index (χ0v) is 10.7. The molecule has 1 fully saturated rings. The molecule has 2 heterocycles. The Balaban J connectivity index is 1.66. The van der Waals surface area contributed by atoms with Crippen molar-refractivity contribution in [2.45, 2.75) is 13.0 Å². The number of aromatic nitrogens is 1. The van der Waals surface area contributed by atoms with Gasteiger partial charge in [0.05, 0.1) is 26.3 Å². The summed E-state index contributed by atoms with van der Waals surface area (Å²) in [6, 6.07) is 1.89. The Morgan fingerprint density at radius 2 is 2.11 bits per heavy atom. The fraction of sp³-hybridized carbons (Fsp3) is 0.667. The summed E-state index contributed by atoms with van der Waals surface area (Å²) in [6.45, 7) is 5.52. The van der Waals surface area contributed by atoms with E-state index < -0.39 is 0 Å². The Morgan fingerprint density at radius 3 is 2.72 bits per heavy atom. The van der Waals surface area contributed by atoms with E-state index in [4.69, 9.17) is 4.52 Å². The van der Waals surface area contributed by atoms with Crippen LogP contribution < -0.4 is 0 Å². The second-order valence-corrected chi connectivity index (χ2v) is 4.42. The summed E-state index contributed by atoms with van der Waals surface area (Å²) in [7, 11) is 1.43. The molecule has 0 radical (unpaired) electrons. The van der Waals surface area contributed by atoms with E-state index in [-0.39, 0.29) is 5.97 Å². The van der Waals surface area contributed by atoms with Gasteiger partial charge in [0.1, 0.15) is 0 Å². The second-order valence-electron chi connectivity index (χ2n) is 4.42. The molecule has 6 heteroatoms. The standard InChI is InChI=1S/C12H19N3O3/c1-17-12(16)3-5-14-6-8-15(9-7-14)10-11-2-4-13-18-11/h2,4H,3,5-10H2,1H3. The Hall–Kier alpha value is -1.40. The van der Waals surface area contributed by atoms with Crippen LogP contribution in [0.1, 0.15) is 12.2 Å². The van der Waals surface area contributed by atoms with E-state index in [2.05, 4.69) is 19.7 Å². The Labute approximate surface area is 106 Å². The third-order valence-corrected chi connectivity index (χ3v) is 3.20. The molecule has 18 heavy (non-hydrogen) atoms. The highest BCUT2D eigenvalue weighted by Gasteiger charge is 2.18. The van der Waals surface area contributed by atoms with Gasteiger partial charge in [-0.25, -0.2) is 0 Å². The summed E-state index contributed by atoms with van der Waals surface area (Å²) in [4.78, 5) is 15.7. The van der Waals surface area contributed by atoms with Gasteiger partial charge in [-0.15, -0.1) is 0 Å². The molecule has 0 spiro atoms. The predicted octanol–water partition coefficient (Wildman–Crippen LogP) is 0.355. The topological polar surface area (TPSA) is 58.8 Å². The van der Waals surface area contributed by atoms with Crippen molar-refractivity contribution in [2.75, 3.05) is 39.8 Å². The lowest BCUT2D eigenvalue weighted by Gasteiger charge is -2.33. The van der Waals surface area contributed by atoms with E-state index in [1.807, 2.05) is 6.07 Å². The first-order chi connectivity index (χ1) is 8.78. The van der Waals surface area contributed by atoms with Crippen LogP contribution in [0.25, 0.3) is 0 Å². The predicted molar refractivity (Wildman–Crippen MR) is 64.9 cm³/mol. The van der Waals surface area contributed by atoms with E-state index in [0.717, 1.165) is 45.0 Å². The summed E-state index contributed by atoms with van der Waals surface area (Å²) in [5.74, 6) is 0.761. The summed E-state index contributed by atoms with van der Waals surface area (Å²) in [5.41, 5.74) is 0. The monoisotopic (exact) mass is 253 g/mol. The number of ether oxygens (including phenoxy) is 1. The molecule has 1 aliphatic rings. The van der Waals surface area contributed by atoms with Crippen LogP contribution in [-0.2, 0) is 16.1 Å². The van der Waals surface area contributed by atoms with Crippen molar-refractivity contribution in [1.82, 2.24) is 15.0 Å². The van der Waals surface area contributed by atoms with Crippen LogP contribution in [0, 0.1) is 0 Å². The Bertz CT molecular complexity index is 359. The summed E-state index contributed by atoms with van der Waals surface area (Å²) < 4.78 is 9.73. The Kier molecular flexibility index (Phi) is 4.72. The molecule has 0 aromatic carbocycles.